The van der Waals surface area contributed by atoms with Crippen LogP contribution in [0.1, 0.15) is 20.8 Å². The molecule has 15 heavy (non-hydrogen) atoms. The Hall–Kier alpha value is -0.610. The molecular weight excluding hydrogens is 190 g/mol. The van der Waals surface area contributed by atoms with Crippen LogP contribution in [0.2, 0.25) is 0 Å². The zero-order valence-corrected chi connectivity index (χ0v) is 10.4. The highest BCUT2D eigenvalue weighted by Gasteiger charge is 2.12. The molecule has 4 nitrogen and oxygen atoms in total. The van der Waals surface area contributed by atoms with Gasteiger partial charge in [-0.3, -0.25) is 4.79 Å². The van der Waals surface area contributed by atoms with Crippen molar-refractivity contribution in [1.29, 1.82) is 0 Å². The second-order valence-electron chi connectivity index (χ2n) is 4.28. The first kappa shape index (κ1) is 14.4. The summed E-state index contributed by atoms with van der Waals surface area (Å²) in [5.74, 6) is 1.14. The molecular formula is C11H25N3O. The molecule has 0 aliphatic carbocycles. The number of likely N-dealkylation sites (N-methyl/N-ethyl adjacent to an activating group) is 1. The van der Waals surface area contributed by atoms with E-state index in [1.165, 1.54) is 0 Å². The lowest BCUT2D eigenvalue weighted by molar-refractivity contribution is -0.128. The number of amides is 1. The van der Waals surface area contributed by atoms with Crippen LogP contribution in [0.3, 0.4) is 0 Å². The third-order valence-electron chi connectivity index (χ3n) is 2.83. The van der Waals surface area contributed by atoms with Crippen molar-refractivity contribution in [3.63, 3.8) is 0 Å². The van der Waals surface area contributed by atoms with Gasteiger partial charge in [0.2, 0.25) is 5.91 Å². The second-order valence-corrected chi connectivity index (χ2v) is 4.28. The van der Waals surface area contributed by atoms with Crippen molar-refractivity contribution in [3.8, 4) is 0 Å². The molecule has 1 atom stereocenters. The lowest BCUT2D eigenvalue weighted by Gasteiger charge is -2.20. The summed E-state index contributed by atoms with van der Waals surface area (Å²) in [5, 5.41) is 3.16. The van der Waals surface area contributed by atoms with E-state index in [0.717, 1.165) is 13.1 Å². The summed E-state index contributed by atoms with van der Waals surface area (Å²) < 4.78 is 0. The summed E-state index contributed by atoms with van der Waals surface area (Å²) in [6.07, 6.45) is 0. The van der Waals surface area contributed by atoms with Gasteiger partial charge >= 0.3 is 0 Å². The average molecular weight is 215 g/mol. The molecule has 0 bridgehead atoms. The Morgan fingerprint density at radius 1 is 1.47 bits per heavy atom. The number of rotatable bonds is 7. The van der Waals surface area contributed by atoms with Crippen LogP contribution in [-0.4, -0.2) is 44.0 Å². The van der Waals surface area contributed by atoms with Crippen LogP contribution >= 0.6 is 0 Å². The van der Waals surface area contributed by atoms with E-state index in [4.69, 9.17) is 5.73 Å². The number of nitrogens with zero attached hydrogens (tertiary/aromatic N) is 1. The van der Waals surface area contributed by atoms with Crippen LogP contribution in [0.15, 0.2) is 0 Å². The molecule has 4 heteroatoms. The predicted octanol–water partition coefficient (Wildman–Crippen LogP) is 0.285. The maximum Gasteiger partial charge on any atom is 0.236 e. The molecule has 0 saturated carbocycles. The van der Waals surface area contributed by atoms with Gasteiger partial charge in [-0.25, -0.2) is 0 Å². The third-order valence-corrected chi connectivity index (χ3v) is 2.83. The van der Waals surface area contributed by atoms with Crippen molar-refractivity contribution in [2.45, 2.75) is 20.8 Å². The summed E-state index contributed by atoms with van der Waals surface area (Å²) in [6, 6.07) is 0. The maximum atomic E-state index is 11.4. The average Bonchev–Trinajstić information content (AvgIpc) is 2.22. The van der Waals surface area contributed by atoms with Crippen LogP contribution < -0.4 is 11.1 Å². The number of carbonyl (C=O) groups is 1. The highest BCUT2D eigenvalue weighted by Crippen LogP contribution is 2.06. The van der Waals surface area contributed by atoms with Crippen molar-refractivity contribution in [1.82, 2.24) is 10.2 Å². The Morgan fingerprint density at radius 2 is 2.07 bits per heavy atom. The highest BCUT2D eigenvalue weighted by molar-refractivity contribution is 5.77. The third kappa shape index (κ3) is 5.74. The maximum absolute atomic E-state index is 11.4. The first-order valence-electron chi connectivity index (χ1n) is 5.67. The van der Waals surface area contributed by atoms with E-state index < -0.39 is 0 Å². The molecule has 0 heterocycles. The lowest BCUT2D eigenvalue weighted by Crippen LogP contribution is -2.39. The number of hydrogen-bond acceptors (Lipinski definition) is 3. The van der Waals surface area contributed by atoms with E-state index in [1.54, 1.807) is 4.90 Å². The van der Waals surface area contributed by atoms with Gasteiger partial charge in [-0.2, -0.15) is 0 Å². The zero-order valence-electron chi connectivity index (χ0n) is 10.4. The first-order chi connectivity index (χ1) is 7.02. The summed E-state index contributed by atoms with van der Waals surface area (Å²) in [4.78, 5) is 13.2. The van der Waals surface area contributed by atoms with Crippen molar-refractivity contribution in [2.75, 3.05) is 33.2 Å². The van der Waals surface area contributed by atoms with Gasteiger partial charge in [0.15, 0.2) is 0 Å². The van der Waals surface area contributed by atoms with Gasteiger partial charge in [0, 0.05) is 13.6 Å². The molecule has 0 radical (unpaired) electrons. The van der Waals surface area contributed by atoms with Crippen molar-refractivity contribution < 1.29 is 4.79 Å². The molecule has 0 aliphatic rings. The largest absolute Gasteiger partial charge is 0.345 e. The number of nitrogens with one attached hydrogen (secondary N) is 1. The van der Waals surface area contributed by atoms with Gasteiger partial charge < -0.3 is 16.0 Å². The van der Waals surface area contributed by atoms with Gasteiger partial charge in [-0.15, -0.1) is 0 Å². The standard InChI is InChI=1S/C11H25N3O/c1-5-14(4)11(15)8-13-7-10(6-12)9(2)3/h9-10,13H,5-8,12H2,1-4H3. The molecule has 3 N–H and O–H groups in total. The highest BCUT2D eigenvalue weighted by atomic mass is 16.2. The first-order valence-corrected chi connectivity index (χ1v) is 5.67. The minimum atomic E-state index is 0.136. The van der Waals surface area contributed by atoms with E-state index >= 15 is 0 Å². The molecule has 0 aromatic heterocycles. The van der Waals surface area contributed by atoms with Crippen LogP contribution in [0.4, 0.5) is 0 Å². The molecule has 1 unspecified atom stereocenters. The van der Waals surface area contributed by atoms with E-state index in [-0.39, 0.29) is 5.91 Å². The van der Waals surface area contributed by atoms with Crippen LogP contribution in [0.5, 0.6) is 0 Å². The van der Waals surface area contributed by atoms with E-state index in [0.29, 0.717) is 24.9 Å². The second kappa shape index (κ2) is 7.65. The summed E-state index contributed by atoms with van der Waals surface area (Å²) in [7, 11) is 1.81. The zero-order chi connectivity index (χ0) is 11.8. The van der Waals surface area contributed by atoms with Crippen LogP contribution in [0.25, 0.3) is 0 Å². The van der Waals surface area contributed by atoms with E-state index in [2.05, 4.69) is 19.2 Å². The Kier molecular flexibility index (Phi) is 7.34. The Bertz CT molecular complexity index is 183. The fraction of sp³-hybridized carbons (Fsp3) is 0.909. The minimum Gasteiger partial charge on any atom is -0.345 e. The number of nitrogens with two attached hydrogens (primary N) is 1. The molecule has 0 spiro atoms. The fourth-order valence-corrected chi connectivity index (χ4v) is 1.27. The molecule has 0 fully saturated rings. The predicted molar refractivity (Wildman–Crippen MR) is 63.6 cm³/mol. The van der Waals surface area contributed by atoms with Crippen molar-refractivity contribution in [2.24, 2.45) is 17.6 Å². The van der Waals surface area contributed by atoms with Gasteiger partial charge in [0.1, 0.15) is 0 Å². The fourth-order valence-electron chi connectivity index (χ4n) is 1.27. The van der Waals surface area contributed by atoms with Gasteiger partial charge in [-0.05, 0) is 31.8 Å². The molecule has 0 aliphatic heterocycles. The van der Waals surface area contributed by atoms with E-state index in [9.17, 15) is 4.79 Å². The summed E-state index contributed by atoms with van der Waals surface area (Å²) in [5.41, 5.74) is 5.64. The lowest BCUT2D eigenvalue weighted by atomic mass is 9.96. The Balaban J connectivity index is 3.73. The Morgan fingerprint density at radius 3 is 2.47 bits per heavy atom. The van der Waals surface area contributed by atoms with Gasteiger partial charge in [-0.1, -0.05) is 13.8 Å². The molecule has 1 amide bonds. The topological polar surface area (TPSA) is 58.4 Å². The molecule has 0 rings (SSSR count). The number of hydrogen-bond donors (Lipinski definition) is 2. The van der Waals surface area contributed by atoms with Gasteiger partial charge in [0.05, 0.1) is 6.54 Å². The van der Waals surface area contributed by atoms with Crippen molar-refractivity contribution in [3.05, 3.63) is 0 Å². The smallest absolute Gasteiger partial charge is 0.236 e. The normalized spacial score (nSPS) is 12.9. The minimum absolute atomic E-state index is 0.136. The molecule has 0 saturated heterocycles. The molecule has 0 aromatic carbocycles. The quantitative estimate of drug-likeness (QED) is 0.641. The molecule has 90 valence electrons. The molecule has 0 aromatic rings. The Labute approximate surface area is 93.2 Å². The summed E-state index contributed by atoms with van der Waals surface area (Å²) in [6.45, 7) is 8.92. The van der Waals surface area contributed by atoms with Crippen LogP contribution in [0, 0.1) is 11.8 Å². The van der Waals surface area contributed by atoms with Crippen molar-refractivity contribution >= 4 is 5.91 Å². The SMILES string of the molecule is CCN(C)C(=O)CNCC(CN)C(C)C. The van der Waals surface area contributed by atoms with Crippen LogP contribution in [-0.2, 0) is 4.79 Å². The monoisotopic (exact) mass is 215 g/mol. The van der Waals surface area contributed by atoms with Gasteiger partial charge in [0.25, 0.3) is 0 Å². The van der Waals surface area contributed by atoms with E-state index in [1.807, 2.05) is 14.0 Å². The number of carbonyl (C=O) groups excluding carboxylic acids is 1. The summed E-state index contributed by atoms with van der Waals surface area (Å²) >= 11 is 0.